The van der Waals surface area contributed by atoms with Crippen LogP contribution >= 0.6 is 0 Å². The Bertz CT molecular complexity index is 750. The molecule has 2 rings (SSSR count). The highest BCUT2D eigenvalue weighted by Gasteiger charge is 2.39. The number of aryl methyl sites for hydroxylation is 1. The van der Waals surface area contributed by atoms with E-state index in [0.29, 0.717) is 19.6 Å². The zero-order valence-electron chi connectivity index (χ0n) is 18.5. The van der Waals surface area contributed by atoms with Gasteiger partial charge in [0, 0.05) is 26.2 Å². The van der Waals surface area contributed by atoms with Crippen LogP contribution < -0.4 is 10.6 Å². The molecule has 0 unspecified atom stereocenters. The van der Waals surface area contributed by atoms with Crippen molar-refractivity contribution in [2.45, 2.75) is 52.4 Å². The third kappa shape index (κ3) is 6.03. The summed E-state index contributed by atoms with van der Waals surface area (Å²) in [5.41, 5.74) is 2.28. The molecule has 1 aliphatic rings. The number of nitrogens with one attached hydrogen (secondary N) is 2. The van der Waals surface area contributed by atoms with E-state index in [2.05, 4.69) is 15.5 Å². The number of carboxylic acid groups (broad SMARTS) is 1. The summed E-state index contributed by atoms with van der Waals surface area (Å²) in [4.78, 5) is 40.9. The van der Waals surface area contributed by atoms with E-state index < -0.39 is 24.1 Å². The van der Waals surface area contributed by atoms with Gasteiger partial charge in [0.1, 0.15) is 12.1 Å². The van der Waals surface area contributed by atoms with Crippen LogP contribution in [0.1, 0.15) is 31.9 Å². The van der Waals surface area contributed by atoms with E-state index in [1.54, 1.807) is 14.0 Å². The second kappa shape index (κ2) is 10.5. The number of likely N-dealkylation sites (N-methyl/N-ethyl adjacent to an activating group) is 1. The van der Waals surface area contributed by atoms with Gasteiger partial charge in [-0.05, 0) is 32.4 Å². The number of rotatable bonds is 8. The lowest BCUT2D eigenvalue weighted by Gasteiger charge is -2.41. The van der Waals surface area contributed by atoms with Crippen LogP contribution in [0.25, 0.3) is 0 Å². The van der Waals surface area contributed by atoms with Gasteiger partial charge >= 0.3 is 5.97 Å². The van der Waals surface area contributed by atoms with Crippen molar-refractivity contribution in [3.63, 3.8) is 0 Å². The van der Waals surface area contributed by atoms with Crippen LogP contribution in [-0.4, -0.2) is 77.5 Å². The summed E-state index contributed by atoms with van der Waals surface area (Å²) >= 11 is 0. The van der Waals surface area contributed by atoms with E-state index in [-0.39, 0.29) is 24.3 Å². The van der Waals surface area contributed by atoms with Crippen molar-refractivity contribution in [3.05, 3.63) is 35.4 Å². The molecule has 1 aromatic carbocycles. The number of carboxylic acids is 1. The average Bonchev–Trinajstić information content (AvgIpc) is 2.72. The number of benzene rings is 1. The summed E-state index contributed by atoms with van der Waals surface area (Å²) < 4.78 is 0. The molecule has 1 fully saturated rings. The van der Waals surface area contributed by atoms with Crippen molar-refractivity contribution in [2.24, 2.45) is 5.92 Å². The zero-order valence-corrected chi connectivity index (χ0v) is 18.5. The van der Waals surface area contributed by atoms with E-state index in [4.69, 9.17) is 0 Å². The monoisotopic (exact) mass is 418 g/mol. The van der Waals surface area contributed by atoms with Gasteiger partial charge in [0.25, 0.3) is 0 Å². The Morgan fingerprint density at radius 2 is 1.77 bits per heavy atom. The first-order chi connectivity index (χ1) is 14.1. The minimum Gasteiger partial charge on any atom is -0.480 e. The smallest absolute Gasteiger partial charge is 0.327 e. The van der Waals surface area contributed by atoms with Gasteiger partial charge in [-0.1, -0.05) is 43.7 Å². The number of piperazine rings is 1. The number of hydrogen-bond acceptors (Lipinski definition) is 5. The fourth-order valence-electron chi connectivity index (χ4n) is 3.51. The van der Waals surface area contributed by atoms with Crippen molar-refractivity contribution in [3.8, 4) is 0 Å². The topological polar surface area (TPSA) is 102 Å². The van der Waals surface area contributed by atoms with Crippen LogP contribution in [0, 0.1) is 12.8 Å². The molecule has 30 heavy (non-hydrogen) atoms. The summed E-state index contributed by atoms with van der Waals surface area (Å²) in [6.07, 6.45) is 0. The number of carbonyl (C=O) groups excluding carboxylic acids is 2. The number of nitrogens with zero attached hydrogens (tertiary/aromatic N) is 2. The first-order valence-electron chi connectivity index (χ1n) is 10.4. The Hall–Kier alpha value is -2.45. The second-order valence-corrected chi connectivity index (χ2v) is 8.35. The Morgan fingerprint density at radius 3 is 2.30 bits per heavy atom. The maximum Gasteiger partial charge on any atom is 0.327 e. The fraction of sp³-hybridized carbons (Fsp3) is 0.591. The van der Waals surface area contributed by atoms with Crippen LogP contribution in [-0.2, 0) is 20.9 Å². The van der Waals surface area contributed by atoms with E-state index in [0.717, 1.165) is 5.56 Å². The van der Waals surface area contributed by atoms with Gasteiger partial charge in [0.2, 0.25) is 11.8 Å². The Balaban J connectivity index is 2.11. The van der Waals surface area contributed by atoms with Gasteiger partial charge in [-0.25, -0.2) is 4.79 Å². The predicted octanol–water partition coefficient (Wildman–Crippen LogP) is 0.841. The molecular weight excluding hydrogens is 384 g/mol. The van der Waals surface area contributed by atoms with Crippen LogP contribution in [0.15, 0.2) is 24.3 Å². The first kappa shape index (κ1) is 23.8. The van der Waals surface area contributed by atoms with Crippen LogP contribution in [0.2, 0.25) is 0 Å². The van der Waals surface area contributed by atoms with E-state index in [1.165, 1.54) is 10.5 Å². The number of amides is 2. The zero-order chi connectivity index (χ0) is 22.4. The standard InChI is InChI=1S/C22H34N4O4/c1-14(2)19(24-20(27)16(4)23-5)21(28)26-11-10-25(13-18(26)22(29)30)12-17-8-6-15(3)7-9-17/h6-9,14,16,18-19,23H,10-13H2,1-5H3,(H,24,27)(H,29,30)/t16-,18-,19-/m0/s1. The van der Waals surface area contributed by atoms with Crippen LogP contribution in [0.4, 0.5) is 0 Å². The number of carbonyl (C=O) groups is 3. The molecule has 0 bridgehead atoms. The predicted molar refractivity (Wildman–Crippen MR) is 115 cm³/mol. The molecule has 0 aromatic heterocycles. The van der Waals surface area contributed by atoms with Crippen molar-refractivity contribution in [1.82, 2.24) is 20.4 Å². The maximum absolute atomic E-state index is 13.2. The molecule has 2 amide bonds. The van der Waals surface area contributed by atoms with E-state index >= 15 is 0 Å². The third-order valence-corrected chi connectivity index (χ3v) is 5.62. The van der Waals surface area contributed by atoms with Gasteiger partial charge in [0.05, 0.1) is 6.04 Å². The largest absolute Gasteiger partial charge is 0.480 e. The summed E-state index contributed by atoms with van der Waals surface area (Å²) in [7, 11) is 1.67. The molecule has 0 radical (unpaired) electrons. The molecule has 0 saturated carbocycles. The SMILES string of the molecule is CN[C@@H](C)C(=O)N[C@H](C(=O)N1CCN(Cc2ccc(C)cc2)C[C@H]1C(=O)O)C(C)C. The number of aliphatic carboxylic acids is 1. The van der Waals surface area contributed by atoms with E-state index in [9.17, 15) is 19.5 Å². The molecule has 3 atom stereocenters. The summed E-state index contributed by atoms with van der Waals surface area (Å²) in [6, 6.07) is 5.99. The minimum atomic E-state index is -1.03. The van der Waals surface area contributed by atoms with Gasteiger partial charge in [-0.2, -0.15) is 0 Å². The lowest BCUT2D eigenvalue weighted by atomic mass is 10.00. The highest BCUT2D eigenvalue weighted by Crippen LogP contribution is 2.17. The van der Waals surface area contributed by atoms with Gasteiger partial charge < -0.3 is 20.6 Å². The molecule has 1 saturated heterocycles. The second-order valence-electron chi connectivity index (χ2n) is 8.35. The summed E-state index contributed by atoms with van der Waals surface area (Å²) in [5.74, 6) is -1.82. The van der Waals surface area contributed by atoms with Crippen molar-refractivity contribution in [2.75, 3.05) is 26.7 Å². The molecule has 0 spiro atoms. The molecule has 8 heteroatoms. The van der Waals surface area contributed by atoms with Crippen molar-refractivity contribution in [1.29, 1.82) is 0 Å². The summed E-state index contributed by atoms with van der Waals surface area (Å²) in [5, 5.41) is 15.4. The summed E-state index contributed by atoms with van der Waals surface area (Å²) in [6.45, 7) is 9.19. The third-order valence-electron chi connectivity index (χ3n) is 5.62. The Labute approximate surface area is 178 Å². The Kier molecular flexibility index (Phi) is 8.37. The van der Waals surface area contributed by atoms with Gasteiger partial charge in [0.15, 0.2) is 0 Å². The minimum absolute atomic E-state index is 0.162. The quantitative estimate of drug-likeness (QED) is 0.578. The Morgan fingerprint density at radius 1 is 1.13 bits per heavy atom. The highest BCUT2D eigenvalue weighted by molar-refractivity contribution is 5.92. The molecular formula is C22H34N4O4. The van der Waals surface area contributed by atoms with Crippen molar-refractivity contribution >= 4 is 17.8 Å². The van der Waals surface area contributed by atoms with Gasteiger partial charge in [-0.15, -0.1) is 0 Å². The first-order valence-corrected chi connectivity index (χ1v) is 10.4. The molecule has 1 heterocycles. The molecule has 1 aromatic rings. The fourth-order valence-corrected chi connectivity index (χ4v) is 3.51. The molecule has 1 aliphatic heterocycles. The van der Waals surface area contributed by atoms with E-state index in [1.807, 2.05) is 45.0 Å². The number of hydrogen-bond donors (Lipinski definition) is 3. The molecule has 8 nitrogen and oxygen atoms in total. The van der Waals surface area contributed by atoms with Gasteiger partial charge in [-0.3, -0.25) is 14.5 Å². The van der Waals surface area contributed by atoms with Crippen LogP contribution in [0.3, 0.4) is 0 Å². The molecule has 166 valence electrons. The lowest BCUT2D eigenvalue weighted by Crippen LogP contribution is -2.63. The van der Waals surface area contributed by atoms with Crippen LogP contribution in [0.5, 0.6) is 0 Å². The highest BCUT2D eigenvalue weighted by atomic mass is 16.4. The molecule has 0 aliphatic carbocycles. The normalized spacial score (nSPS) is 19.4. The maximum atomic E-state index is 13.2. The lowest BCUT2D eigenvalue weighted by molar-refractivity contribution is -0.155. The average molecular weight is 419 g/mol. The molecule has 3 N–H and O–H groups in total. The van der Waals surface area contributed by atoms with Crippen molar-refractivity contribution < 1.29 is 19.5 Å².